The van der Waals surface area contributed by atoms with E-state index in [4.69, 9.17) is 0 Å². The summed E-state index contributed by atoms with van der Waals surface area (Å²) in [5, 5.41) is 14.4. The first kappa shape index (κ1) is 9.68. The first-order chi connectivity index (χ1) is 6.76. The summed E-state index contributed by atoms with van der Waals surface area (Å²) in [5.74, 6) is -0.702. The normalized spacial score (nSPS) is 27.4. The third-order valence-electron chi connectivity index (χ3n) is 2.79. The highest BCUT2D eigenvalue weighted by Crippen LogP contribution is 2.34. The Bertz CT molecular complexity index is 315. The van der Waals surface area contributed by atoms with E-state index in [0.717, 1.165) is 24.3 Å². The summed E-state index contributed by atoms with van der Waals surface area (Å²) >= 11 is 1.54. The minimum atomic E-state index is -0.702. The van der Waals surface area contributed by atoms with Crippen LogP contribution in [0.25, 0.3) is 0 Å². The quantitative estimate of drug-likeness (QED) is 0.778. The second-order valence-corrected chi connectivity index (χ2v) is 4.59. The maximum Gasteiger partial charge on any atom is 0.316 e. The van der Waals surface area contributed by atoms with Crippen molar-refractivity contribution in [1.82, 2.24) is 5.32 Å². The maximum absolute atomic E-state index is 11.3. The second kappa shape index (κ2) is 3.71. The van der Waals surface area contributed by atoms with Crippen LogP contribution in [0.4, 0.5) is 0 Å². The van der Waals surface area contributed by atoms with Gasteiger partial charge in [-0.1, -0.05) is 6.07 Å². The molecule has 4 heteroatoms. The van der Waals surface area contributed by atoms with Gasteiger partial charge in [-0.2, -0.15) is 0 Å². The average Bonchev–Trinajstić information content (AvgIpc) is 2.72. The van der Waals surface area contributed by atoms with Gasteiger partial charge < -0.3 is 10.4 Å². The van der Waals surface area contributed by atoms with Crippen molar-refractivity contribution in [2.45, 2.75) is 18.3 Å². The standard InChI is InChI=1S/C10H13NO2S/c12-9(13)10(4-2-5-11-7-10)8-3-1-6-14-8/h1,3,6,11H,2,4-5,7H2,(H,12,13). The second-order valence-electron chi connectivity index (χ2n) is 3.64. The van der Waals surface area contributed by atoms with Crippen molar-refractivity contribution in [2.24, 2.45) is 0 Å². The van der Waals surface area contributed by atoms with E-state index in [-0.39, 0.29) is 0 Å². The molecule has 1 unspecified atom stereocenters. The van der Waals surface area contributed by atoms with Gasteiger partial charge in [-0.25, -0.2) is 0 Å². The van der Waals surface area contributed by atoms with Gasteiger partial charge in [0.2, 0.25) is 0 Å². The summed E-state index contributed by atoms with van der Waals surface area (Å²) in [7, 11) is 0. The van der Waals surface area contributed by atoms with E-state index in [9.17, 15) is 9.90 Å². The van der Waals surface area contributed by atoms with Crippen molar-refractivity contribution in [2.75, 3.05) is 13.1 Å². The molecule has 1 atom stereocenters. The van der Waals surface area contributed by atoms with E-state index in [1.165, 1.54) is 11.3 Å². The lowest BCUT2D eigenvalue weighted by molar-refractivity contribution is -0.144. The van der Waals surface area contributed by atoms with Crippen molar-refractivity contribution in [1.29, 1.82) is 0 Å². The largest absolute Gasteiger partial charge is 0.481 e. The molecule has 0 aromatic carbocycles. The number of aliphatic carboxylic acids is 1. The molecule has 2 rings (SSSR count). The Hall–Kier alpha value is -0.870. The highest BCUT2D eigenvalue weighted by atomic mass is 32.1. The van der Waals surface area contributed by atoms with E-state index < -0.39 is 11.4 Å². The lowest BCUT2D eigenvalue weighted by Gasteiger charge is -2.32. The van der Waals surface area contributed by atoms with Crippen molar-refractivity contribution >= 4 is 17.3 Å². The molecular formula is C10H13NO2S. The van der Waals surface area contributed by atoms with Crippen molar-refractivity contribution in [3.63, 3.8) is 0 Å². The summed E-state index contributed by atoms with van der Waals surface area (Å²) in [6, 6.07) is 3.84. The van der Waals surface area contributed by atoms with Gasteiger partial charge in [-0.15, -0.1) is 11.3 Å². The molecule has 2 heterocycles. The predicted molar refractivity (Wildman–Crippen MR) is 55.7 cm³/mol. The molecule has 0 radical (unpaired) electrons. The Kier molecular flexibility index (Phi) is 2.56. The number of carboxylic acid groups (broad SMARTS) is 1. The smallest absolute Gasteiger partial charge is 0.316 e. The first-order valence-corrected chi connectivity index (χ1v) is 5.62. The number of carbonyl (C=O) groups is 1. The van der Waals surface area contributed by atoms with Gasteiger partial charge in [-0.05, 0) is 30.8 Å². The Balaban J connectivity index is 2.35. The molecule has 0 spiro atoms. The van der Waals surface area contributed by atoms with Gasteiger partial charge in [-0.3, -0.25) is 4.79 Å². The lowest BCUT2D eigenvalue weighted by Crippen LogP contribution is -2.48. The van der Waals surface area contributed by atoms with Crippen LogP contribution >= 0.6 is 11.3 Å². The number of rotatable bonds is 2. The average molecular weight is 211 g/mol. The number of carboxylic acids is 1. The summed E-state index contributed by atoms with van der Waals surface area (Å²) in [6.07, 6.45) is 1.68. The first-order valence-electron chi connectivity index (χ1n) is 4.74. The number of nitrogens with one attached hydrogen (secondary N) is 1. The molecule has 1 aliphatic rings. The van der Waals surface area contributed by atoms with E-state index in [2.05, 4.69) is 5.32 Å². The van der Waals surface area contributed by atoms with E-state index in [1.807, 2.05) is 17.5 Å². The molecule has 0 aliphatic carbocycles. The predicted octanol–water partition coefficient (Wildman–Crippen LogP) is 1.45. The van der Waals surface area contributed by atoms with Gasteiger partial charge in [0.1, 0.15) is 5.41 Å². The van der Waals surface area contributed by atoms with Crippen LogP contribution in [0.2, 0.25) is 0 Å². The summed E-state index contributed by atoms with van der Waals surface area (Å²) in [6.45, 7) is 1.49. The van der Waals surface area contributed by atoms with Gasteiger partial charge in [0.25, 0.3) is 0 Å². The molecule has 0 bridgehead atoms. The van der Waals surface area contributed by atoms with E-state index >= 15 is 0 Å². The molecule has 14 heavy (non-hydrogen) atoms. The van der Waals surface area contributed by atoms with Gasteiger partial charge in [0, 0.05) is 11.4 Å². The fourth-order valence-corrected chi connectivity index (χ4v) is 2.90. The Labute approximate surface area is 86.8 Å². The molecule has 76 valence electrons. The van der Waals surface area contributed by atoms with Gasteiger partial charge >= 0.3 is 5.97 Å². The van der Waals surface area contributed by atoms with Crippen LogP contribution in [0.3, 0.4) is 0 Å². The highest BCUT2D eigenvalue weighted by molar-refractivity contribution is 7.10. The molecule has 1 aromatic rings. The van der Waals surface area contributed by atoms with Crippen LogP contribution in [0.1, 0.15) is 17.7 Å². The van der Waals surface area contributed by atoms with Crippen LogP contribution in [-0.4, -0.2) is 24.2 Å². The molecule has 0 saturated carbocycles. The molecule has 3 nitrogen and oxygen atoms in total. The van der Waals surface area contributed by atoms with Crippen LogP contribution in [0, 0.1) is 0 Å². The molecule has 2 N–H and O–H groups in total. The Morgan fingerprint density at radius 3 is 3.00 bits per heavy atom. The third kappa shape index (κ3) is 1.44. The molecule has 1 fully saturated rings. The Morgan fingerprint density at radius 1 is 1.64 bits per heavy atom. The summed E-state index contributed by atoms with van der Waals surface area (Å²) < 4.78 is 0. The van der Waals surface area contributed by atoms with Crippen LogP contribution < -0.4 is 5.32 Å². The van der Waals surface area contributed by atoms with Crippen molar-refractivity contribution in [3.8, 4) is 0 Å². The van der Waals surface area contributed by atoms with Gasteiger partial charge in [0.05, 0.1) is 0 Å². The SMILES string of the molecule is O=C(O)C1(c2cccs2)CCCNC1. The highest BCUT2D eigenvalue weighted by Gasteiger charge is 2.42. The zero-order valence-electron chi connectivity index (χ0n) is 7.82. The number of hydrogen-bond donors (Lipinski definition) is 2. The van der Waals surface area contributed by atoms with Crippen molar-refractivity contribution in [3.05, 3.63) is 22.4 Å². The minimum Gasteiger partial charge on any atom is -0.481 e. The molecule has 1 aliphatic heterocycles. The zero-order chi connectivity index (χ0) is 10.0. The number of thiophene rings is 1. The number of piperidine rings is 1. The minimum absolute atomic E-state index is 0.558. The molecular weight excluding hydrogens is 198 g/mol. The van der Waals surface area contributed by atoms with Crippen molar-refractivity contribution < 1.29 is 9.90 Å². The maximum atomic E-state index is 11.3. The number of hydrogen-bond acceptors (Lipinski definition) is 3. The lowest BCUT2D eigenvalue weighted by atomic mass is 9.79. The Morgan fingerprint density at radius 2 is 2.50 bits per heavy atom. The van der Waals surface area contributed by atoms with Gasteiger partial charge in [0.15, 0.2) is 0 Å². The monoisotopic (exact) mass is 211 g/mol. The molecule has 1 aromatic heterocycles. The molecule has 1 saturated heterocycles. The van der Waals surface area contributed by atoms with Crippen LogP contribution in [-0.2, 0) is 10.2 Å². The fraction of sp³-hybridized carbons (Fsp3) is 0.500. The van der Waals surface area contributed by atoms with Crippen LogP contribution in [0.15, 0.2) is 17.5 Å². The van der Waals surface area contributed by atoms with E-state index in [1.54, 1.807) is 0 Å². The van der Waals surface area contributed by atoms with Crippen LogP contribution in [0.5, 0.6) is 0 Å². The fourth-order valence-electron chi connectivity index (χ4n) is 1.95. The molecule has 0 amide bonds. The summed E-state index contributed by atoms with van der Waals surface area (Å²) in [5.41, 5.74) is -0.674. The zero-order valence-corrected chi connectivity index (χ0v) is 8.64. The topological polar surface area (TPSA) is 49.3 Å². The third-order valence-corrected chi connectivity index (χ3v) is 3.86. The van der Waals surface area contributed by atoms with E-state index in [0.29, 0.717) is 6.54 Å². The summed E-state index contributed by atoms with van der Waals surface area (Å²) in [4.78, 5) is 12.3.